The van der Waals surface area contributed by atoms with Gasteiger partial charge in [0.05, 0.1) is 0 Å². The summed E-state index contributed by atoms with van der Waals surface area (Å²) in [4.78, 5) is 5.54. The molecule has 1 aromatic rings. The number of aromatic nitrogens is 1. The van der Waals surface area contributed by atoms with Gasteiger partial charge in [-0.05, 0) is 12.8 Å². The lowest BCUT2D eigenvalue weighted by Gasteiger charge is -2.15. The molecule has 3 heteroatoms. The standard InChI is InChI=1S/C9H15NOS/c1-6(2)8(11-4)9-10-5-7(3)12-9/h5-6,8H,1-4H3. The van der Waals surface area contributed by atoms with Crippen LogP contribution >= 0.6 is 11.3 Å². The Hall–Kier alpha value is -0.410. The Morgan fingerprint density at radius 1 is 1.50 bits per heavy atom. The van der Waals surface area contributed by atoms with Gasteiger partial charge in [-0.3, -0.25) is 0 Å². The molecule has 0 bridgehead atoms. The first-order valence-corrected chi connectivity index (χ1v) is 4.92. The maximum atomic E-state index is 5.36. The van der Waals surface area contributed by atoms with Gasteiger partial charge in [0.25, 0.3) is 0 Å². The molecule has 0 aliphatic heterocycles. The third-order valence-corrected chi connectivity index (χ3v) is 2.72. The van der Waals surface area contributed by atoms with E-state index in [0.717, 1.165) is 5.01 Å². The van der Waals surface area contributed by atoms with Crippen molar-refractivity contribution in [3.63, 3.8) is 0 Å². The van der Waals surface area contributed by atoms with E-state index in [9.17, 15) is 0 Å². The minimum absolute atomic E-state index is 0.156. The Kier molecular flexibility index (Phi) is 3.23. The number of methoxy groups -OCH3 is 1. The largest absolute Gasteiger partial charge is 0.374 e. The van der Waals surface area contributed by atoms with E-state index in [1.165, 1.54) is 4.88 Å². The zero-order valence-electron chi connectivity index (χ0n) is 8.00. The van der Waals surface area contributed by atoms with Crippen LogP contribution in [0.25, 0.3) is 0 Å². The van der Waals surface area contributed by atoms with Crippen molar-refractivity contribution in [3.05, 3.63) is 16.1 Å². The van der Waals surface area contributed by atoms with Gasteiger partial charge in [-0.25, -0.2) is 4.98 Å². The van der Waals surface area contributed by atoms with Gasteiger partial charge in [-0.1, -0.05) is 13.8 Å². The summed E-state index contributed by atoms with van der Waals surface area (Å²) in [5.41, 5.74) is 0. The van der Waals surface area contributed by atoms with Gasteiger partial charge in [0.15, 0.2) is 0 Å². The van der Waals surface area contributed by atoms with E-state index in [4.69, 9.17) is 4.74 Å². The number of hydrogen-bond donors (Lipinski definition) is 0. The van der Waals surface area contributed by atoms with Crippen LogP contribution in [-0.2, 0) is 4.74 Å². The van der Waals surface area contributed by atoms with E-state index < -0.39 is 0 Å². The Labute approximate surface area is 77.6 Å². The van der Waals surface area contributed by atoms with Crippen LogP contribution in [0.1, 0.15) is 29.8 Å². The number of hydrogen-bond acceptors (Lipinski definition) is 3. The van der Waals surface area contributed by atoms with Crippen LogP contribution < -0.4 is 0 Å². The topological polar surface area (TPSA) is 22.1 Å². The summed E-state index contributed by atoms with van der Waals surface area (Å²) in [6.45, 7) is 6.35. The molecule has 0 amide bonds. The van der Waals surface area contributed by atoms with Gasteiger partial charge in [0.2, 0.25) is 0 Å². The summed E-state index contributed by atoms with van der Waals surface area (Å²) in [7, 11) is 1.74. The smallest absolute Gasteiger partial charge is 0.122 e. The van der Waals surface area contributed by atoms with Gasteiger partial charge < -0.3 is 4.74 Å². The summed E-state index contributed by atoms with van der Waals surface area (Å²) in [5.74, 6) is 0.487. The fourth-order valence-electron chi connectivity index (χ4n) is 1.16. The number of ether oxygens (including phenoxy) is 1. The lowest BCUT2D eigenvalue weighted by atomic mass is 10.1. The molecule has 0 saturated carbocycles. The average Bonchev–Trinajstić information content (AvgIpc) is 2.37. The van der Waals surface area contributed by atoms with E-state index >= 15 is 0 Å². The Balaban J connectivity index is 2.80. The highest BCUT2D eigenvalue weighted by molar-refractivity contribution is 7.11. The van der Waals surface area contributed by atoms with Crippen molar-refractivity contribution in [3.8, 4) is 0 Å². The molecule has 1 atom stereocenters. The molecule has 0 N–H and O–H groups in total. The quantitative estimate of drug-likeness (QED) is 0.722. The zero-order valence-corrected chi connectivity index (χ0v) is 8.81. The molecule has 2 nitrogen and oxygen atoms in total. The molecule has 0 aliphatic rings. The molecule has 1 aromatic heterocycles. The molecule has 1 heterocycles. The molecule has 0 aromatic carbocycles. The summed E-state index contributed by atoms with van der Waals surface area (Å²) in [5, 5.41) is 1.09. The Morgan fingerprint density at radius 2 is 2.17 bits per heavy atom. The summed E-state index contributed by atoms with van der Waals surface area (Å²) in [6.07, 6.45) is 2.05. The fourth-order valence-corrected chi connectivity index (χ4v) is 2.19. The zero-order chi connectivity index (χ0) is 9.14. The molecule has 0 saturated heterocycles. The van der Waals surface area contributed by atoms with Crippen LogP contribution in [0.3, 0.4) is 0 Å². The molecule has 68 valence electrons. The first-order chi connectivity index (χ1) is 5.65. The lowest BCUT2D eigenvalue weighted by Crippen LogP contribution is -2.07. The maximum absolute atomic E-state index is 5.36. The number of nitrogens with zero attached hydrogens (tertiary/aromatic N) is 1. The highest BCUT2D eigenvalue weighted by Crippen LogP contribution is 2.28. The minimum atomic E-state index is 0.156. The second-order valence-corrected chi connectivity index (χ2v) is 4.48. The van der Waals surface area contributed by atoms with E-state index in [-0.39, 0.29) is 6.10 Å². The molecule has 1 rings (SSSR count). The van der Waals surface area contributed by atoms with Crippen molar-refractivity contribution in [2.75, 3.05) is 7.11 Å². The van der Waals surface area contributed by atoms with Crippen molar-refractivity contribution < 1.29 is 4.74 Å². The molecule has 12 heavy (non-hydrogen) atoms. The highest BCUT2D eigenvalue weighted by Gasteiger charge is 2.17. The molecular formula is C9H15NOS. The third kappa shape index (κ3) is 2.05. The van der Waals surface area contributed by atoms with Crippen LogP contribution in [0, 0.1) is 12.8 Å². The summed E-state index contributed by atoms with van der Waals surface area (Å²) in [6, 6.07) is 0. The predicted octanol–water partition coefficient (Wildman–Crippen LogP) is 2.80. The van der Waals surface area contributed by atoms with E-state index in [1.54, 1.807) is 18.4 Å². The van der Waals surface area contributed by atoms with Crippen molar-refractivity contribution in [2.24, 2.45) is 5.92 Å². The van der Waals surface area contributed by atoms with Gasteiger partial charge >= 0.3 is 0 Å². The predicted molar refractivity (Wildman–Crippen MR) is 51.4 cm³/mol. The van der Waals surface area contributed by atoms with Gasteiger partial charge in [-0.15, -0.1) is 11.3 Å². The van der Waals surface area contributed by atoms with Crippen molar-refractivity contribution >= 4 is 11.3 Å². The number of aryl methyl sites for hydroxylation is 1. The van der Waals surface area contributed by atoms with E-state index in [2.05, 4.69) is 25.8 Å². The maximum Gasteiger partial charge on any atom is 0.122 e. The SMILES string of the molecule is COC(c1ncc(C)s1)C(C)C. The van der Waals surface area contributed by atoms with Crippen molar-refractivity contribution in [2.45, 2.75) is 26.9 Å². The van der Waals surface area contributed by atoms with Crippen LogP contribution in [0.5, 0.6) is 0 Å². The van der Waals surface area contributed by atoms with Crippen LogP contribution in [0.4, 0.5) is 0 Å². The molecular weight excluding hydrogens is 170 g/mol. The van der Waals surface area contributed by atoms with Crippen LogP contribution in [-0.4, -0.2) is 12.1 Å². The van der Waals surface area contributed by atoms with Crippen molar-refractivity contribution in [1.82, 2.24) is 4.98 Å². The molecule has 1 unspecified atom stereocenters. The number of thiazole rings is 1. The normalized spacial score (nSPS) is 13.8. The number of rotatable bonds is 3. The monoisotopic (exact) mass is 185 g/mol. The summed E-state index contributed by atoms with van der Waals surface area (Å²) < 4.78 is 5.36. The summed E-state index contributed by atoms with van der Waals surface area (Å²) >= 11 is 1.71. The second-order valence-electron chi connectivity index (χ2n) is 3.21. The van der Waals surface area contributed by atoms with Gasteiger partial charge in [-0.2, -0.15) is 0 Å². The van der Waals surface area contributed by atoms with Crippen LogP contribution in [0.2, 0.25) is 0 Å². The first kappa shape index (κ1) is 9.68. The van der Waals surface area contributed by atoms with Gasteiger partial charge in [0, 0.05) is 18.2 Å². The molecule has 0 radical (unpaired) electrons. The van der Waals surface area contributed by atoms with Crippen molar-refractivity contribution in [1.29, 1.82) is 0 Å². The minimum Gasteiger partial charge on any atom is -0.374 e. The van der Waals surface area contributed by atoms with Gasteiger partial charge in [0.1, 0.15) is 11.1 Å². The second kappa shape index (κ2) is 4.01. The third-order valence-electron chi connectivity index (χ3n) is 1.74. The fraction of sp³-hybridized carbons (Fsp3) is 0.667. The van der Waals surface area contributed by atoms with Crippen LogP contribution in [0.15, 0.2) is 6.20 Å². The molecule has 0 aliphatic carbocycles. The molecule has 0 spiro atoms. The van der Waals surface area contributed by atoms with E-state index in [1.807, 2.05) is 6.20 Å². The Morgan fingerprint density at radius 3 is 2.50 bits per heavy atom. The lowest BCUT2D eigenvalue weighted by molar-refractivity contribution is 0.0644. The average molecular weight is 185 g/mol. The Bertz CT molecular complexity index is 244. The first-order valence-electron chi connectivity index (χ1n) is 4.10. The highest BCUT2D eigenvalue weighted by atomic mass is 32.1. The molecule has 0 fully saturated rings. The van der Waals surface area contributed by atoms with E-state index in [0.29, 0.717) is 5.92 Å².